The van der Waals surface area contributed by atoms with Crippen LogP contribution in [0.1, 0.15) is 35.4 Å². The van der Waals surface area contributed by atoms with E-state index < -0.39 is 0 Å². The van der Waals surface area contributed by atoms with Crippen LogP contribution < -0.4 is 5.32 Å². The Morgan fingerprint density at radius 2 is 2.16 bits per heavy atom. The first-order chi connectivity index (χ1) is 9.13. The largest absolute Gasteiger partial charge is 0.306 e. The SMILES string of the molecule is CCCNC(c1ccc(Br)cc1C)c1sccc1Cl. The average Bonchev–Trinajstić information content (AvgIpc) is 2.78. The van der Waals surface area contributed by atoms with Gasteiger partial charge in [0, 0.05) is 9.35 Å². The molecule has 1 aromatic heterocycles. The molecule has 1 heterocycles. The van der Waals surface area contributed by atoms with Gasteiger partial charge in [0.25, 0.3) is 0 Å². The highest BCUT2D eigenvalue weighted by molar-refractivity contribution is 9.10. The number of nitrogens with one attached hydrogen (secondary N) is 1. The van der Waals surface area contributed by atoms with E-state index in [1.54, 1.807) is 11.3 Å². The van der Waals surface area contributed by atoms with E-state index in [-0.39, 0.29) is 6.04 Å². The van der Waals surface area contributed by atoms with Crippen molar-refractivity contribution in [3.8, 4) is 0 Å². The van der Waals surface area contributed by atoms with Gasteiger partial charge < -0.3 is 5.32 Å². The third-order valence-corrected chi connectivity index (χ3v) is 4.96. The summed E-state index contributed by atoms with van der Waals surface area (Å²) in [6.45, 7) is 5.30. The Morgan fingerprint density at radius 1 is 1.37 bits per heavy atom. The fourth-order valence-corrected chi connectivity index (χ4v) is 3.84. The van der Waals surface area contributed by atoms with Gasteiger partial charge in [0.15, 0.2) is 0 Å². The second kappa shape index (κ2) is 6.89. The van der Waals surface area contributed by atoms with Crippen molar-refractivity contribution in [2.45, 2.75) is 26.3 Å². The van der Waals surface area contributed by atoms with E-state index in [1.807, 2.05) is 11.4 Å². The number of thiophene rings is 1. The summed E-state index contributed by atoms with van der Waals surface area (Å²) in [6, 6.07) is 8.56. The van der Waals surface area contributed by atoms with E-state index in [0.29, 0.717) is 0 Å². The standard InChI is InChI=1S/C15H17BrClNS/c1-3-7-18-14(15-13(17)6-8-19-15)12-5-4-11(16)9-10(12)2/h4-6,8-9,14,18H,3,7H2,1-2H3. The Morgan fingerprint density at radius 3 is 2.74 bits per heavy atom. The highest BCUT2D eigenvalue weighted by atomic mass is 79.9. The van der Waals surface area contributed by atoms with Crippen molar-refractivity contribution in [2.24, 2.45) is 0 Å². The fraction of sp³-hybridized carbons (Fsp3) is 0.333. The van der Waals surface area contributed by atoms with Gasteiger partial charge in [0.2, 0.25) is 0 Å². The second-order valence-corrected chi connectivity index (χ2v) is 6.79. The lowest BCUT2D eigenvalue weighted by Gasteiger charge is -2.20. The maximum absolute atomic E-state index is 6.31. The van der Waals surface area contributed by atoms with Gasteiger partial charge in [-0.25, -0.2) is 0 Å². The molecule has 1 N–H and O–H groups in total. The molecule has 2 aromatic rings. The van der Waals surface area contributed by atoms with E-state index in [4.69, 9.17) is 11.6 Å². The topological polar surface area (TPSA) is 12.0 Å². The van der Waals surface area contributed by atoms with Crippen LogP contribution in [0.15, 0.2) is 34.1 Å². The van der Waals surface area contributed by atoms with Crippen molar-refractivity contribution in [1.82, 2.24) is 5.32 Å². The normalized spacial score (nSPS) is 12.6. The molecule has 102 valence electrons. The van der Waals surface area contributed by atoms with Gasteiger partial charge in [-0.1, -0.05) is 40.5 Å². The number of aryl methyl sites for hydroxylation is 1. The zero-order valence-corrected chi connectivity index (χ0v) is 14.2. The minimum Gasteiger partial charge on any atom is -0.306 e. The molecule has 1 nitrogen and oxygen atoms in total. The van der Waals surface area contributed by atoms with Crippen molar-refractivity contribution in [3.63, 3.8) is 0 Å². The van der Waals surface area contributed by atoms with E-state index in [9.17, 15) is 0 Å². The molecule has 0 radical (unpaired) electrons. The van der Waals surface area contributed by atoms with Crippen molar-refractivity contribution in [3.05, 3.63) is 55.1 Å². The summed E-state index contributed by atoms with van der Waals surface area (Å²) >= 11 is 11.5. The predicted octanol–water partition coefficient (Wildman–Crippen LogP) is 5.56. The van der Waals surface area contributed by atoms with Gasteiger partial charge in [-0.2, -0.15) is 0 Å². The minimum atomic E-state index is 0.181. The third-order valence-electron chi connectivity index (χ3n) is 3.05. The summed E-state index contributed by atoms with van der Waals surface area (Å²) in [5.41, 5.74) is 2.56. The summed E-state index contributed by atoms with van der Waals surface area (Å²) in [7, 11) is 0. The van der Waals surface area contributed by atoms with Crippen molar-refractivity contribution >= 4 is 38.9 Å². The molecule has 0 aliphatic carbocycles. The summed E-state index contributed by atoms with van der Waals surface area (Å²) in [5, 5.41) is 6.50. The molecule has 0 spiro atoms. The molecule has 0 saturated heterocycles. The summed E-state index contributed by atoms with van der Waals surface area (Å²) in [6.07, 6.45) is 1.11. The monoisotopic (exact) mass is 357 g/mol. The van der Waals surface area contributed by atoms with Crippen LogP contribution in [0.4, 0.5) is 0 Å². The van der Waals surface area contributed by atoms with Gasteiger partial charge in [-0.15, -0.1) is 11.3 Å². The van der Waals surface area contributed by atoms with E-state index >= 15 is 0 Å². The van der Waals surface area contributed by atoms with Gasteiger partial charge in [-0.05, 0) is 54.6 Å². The number of rotatable bonds is 5. The molecule has 2 rings (SSSR count). The third kappa shape index (κ3) is 3.60. The summed E-state index contributed by atoms with van der Waals surface area (Å²) in [4.78, 5) is 1.19. The molecule has 0 bridgehead atoms. The van der Waals surface area contributed by atoms with Crippen molar-refractivity contribution in [1.29, 1.82) is 0 Å². The Kier molecular flexibility index (Phi) is 5.46. The lowest BCUT2D eigenvalue weighted by molar-refractivity contribution is 0.603. The van der Waals surface area contributed by atoms with Gasteiger partial charge in [-0.3, -0.25) is 0 Å². The van der Waals surface area contributed by atoms with E-state index in [1.165, 1.54) is 16.0 Å². The minimum absolute atomic E-state index is 0.181. The first-order valence-corrected chi connectivity index (χ1v) is 8.41. The molecule has 0 aliphatic rings. The maximum atomic E-state index is 6.31. The van der Waals surface area contributed by atoms with Crippen LogP contribution >= 0.6 is 38.9 Å². The van der Waals surface area contributed by atoms with Crippen LogP contribution in [-0.2, 0) is 0 Å². The highest BCUT2D eigenvalue weighted by Crippen LogP contribution is 2.34. The van der Waals surface area contributed by atoms with E-state index in [2.05, 4.69) is 53.3 Å². The molecule has 0 amide bonds. The van der Waals surface area contributed by atoms with Crippen molar-refractivity contribution < 1.29 is 0 Å². The highest BCUT2D eigenvalue weighted by Gasteiger charge is 2.19. The van der Waals surface area contributed by atoms with Crippen LogP contribution in [0.5, 0.6) is 0 Å². The molecular weight excluding hydrogens is 342 g/mol. The molecule has 0 fully saturated rings. The fourth-order valence-electron chi connectivity index (χ4n) is 2.11. The molecule has 1 unspecified atom stereocenters. The molecule has 1 atom stereocenters. The Hall–Kier alpha value is -0.350. The van der Waals surface area contributed by atoms with Crippen LogP contribution in [-0.4, -0.2) is 6.54 Å². The zero-order chi connectivity index (χ0) is 13.8. The molecular formula is C15H17BrClNS. The summed E-state index contributed by atoms with van der Waals surface area (Å²) < 4.78 is 1.11. The molecule has 0 saturated carbocycles. The smallest absolute Gasteiger partial charge is 0.0688 e. The molecule has 4 heteroatoms. The quantitative estimate of drug-likeness (QED) is 0.737. The van der Waals surface area contributed by atoms with Crippen LogP contribution in [0, 0.1) is 6.92 Å². The van der Waals surface area contributed by atoms with Crippen LogP contribution in [0.25, 0.3) is 0 Å². The van der Waals surface area contributed by atoms with Gasteiger partial charge >= 0.3 is 0 Å². The summed E-state index contributed by atoms with van der Waals surface area (Å²) in [5.74, 6) is 0. The predicted molar refractivity (Wildman–Crippen MR) is 88.3 cm³/mol. The van der Waals surface area contributed by atoms with Gasteiger partial charge in [0.05, 0.1) is 11.1 Å². The lowest BCUT2D eigenvalue weighted by Crippen LogP contribution is -2.23. The number of hydrogen-bond acceptors (Lipinski definition) is 2. The zero-order valence-electron chi connectivity index (χ0n) is 11.0. The average molecular weight is 359 g/mol. The molecule has 19 heavy (non-hydrogen) atoms. The second-order valence-electron chi connectivity index (χ2n) is 4.52. The Balaban J connectivity index is 2.40. The molecule has 0 aliphatic heterocycles. The van der Waals surface area contributed by atoms with Crippen molar-refractivity contribution in [2.75, 3.05) is 6.54 Å². The lowest BCUT2D eigenvalue weighted by atomic mass is 10.00. The van der Waals surface area contributed by atoms with Gasteiger partial charge in [0.1, 0.15) is 0 Å². The Labute approximate surface area is 132 Å². The van der Waals surface area contributed by atoms with Crippen LogP contribution in [0.2, 0.25) is 5.02 Å². The molecule has 1 aromatic carbocycles. The Bertz CT molecular complexity index is 553. The van der Waals surface area contributed by atoms with E-state index in [0.717, 1.165) is 22.5 Å². The number of benzene rings is 1. The number of halogens is 2. The maximum Gasteiger partial charge on any atom is 0.0688 e. The van der Waals surface area contributed by atoms with Crippen LogP contribution in [0.3, 0.4) is 0 Å². The number of hydrogen-bond donors (Lipinski definition) is 1. The first-order valence-electron chi connectivity index (χ1n) is 6.35. The first kappa shape index (κ1) is 15.0.